The molecule has 0 spiro atoms. The number of aromatic nitrogens is 2. The van der Waals surface area contributed by atoms with Crippen molar-refractivity contribution in [2.24, 2.45) is 5.73 Å². The lowest BCUT2D eigenvalue weighted by Gasteiger charge is -2.32. The molecular weight excluding hydrogens is 326 g/mol. The number of nitrogens with one attached hydrogen (secondary N) is 1. The molecule has 1 amide bonds. The molecule has 1 aromatic rings. The predicted molar refractivity (Wildman–Crippen MR) is 97.4 cm³/mol. The van der Waals surface area contributed by atoms with E-state index in [1.807, 2.05) is 27.7 Å². The van der Waals surface area contributed by atoms with Gasteiger partial charge < -0.3 is 10.5 Å². The van der Waals surface area contributed by atoms with Gasteiger partial charge in [-0.15, -0.1) is 0 Å². The Kier molecular flexibility index (Phi) is 7.37. The molecule has 1 fully saturated rings. The molecule has 2 heterocycles. The zero-order valence-electron chi connectivity index (χ0n) is 14.6. The number of nitrogens with zero attached hydrogens (tertiary/aromatic N) is 3. The smallest absolute Gasteiger partial charge is 0.415 e. The summed E-state index contributed by atoms with van der Waals surface area (Å²) in [7, 11) is 0. The van der Waals surface area contributed by atoms with Crippen molar-refractivity contribution in [1.29, 1.82) is 5.41 Å². The second-order valence-electron chi connectivity index (χ2n) is 6.48. The highest BCUT2D eigenvalue weighted by molar-refractivity contribution is 7.79. The normalized spacial score (nSPS) is 17.6. The number of hydrogen-bond acceptors (Lipinski definition) is 7. The third-order valence-electron chi connectivity index (χ3n) is 3.04. The van der Waals surface area contributed by atoms with Crippen molar-refractivity contribution in [3.63, 3.8) is 0 Å². The summed E-state index contributed by atoms with van der Waals surface area (Å²) < 4.78 is 5.19. The number of likely N-dealkylation sites (tertiary alicyclic amines) is 1. The third-order valence-corrected chi connectivity index (χ3v) is 3.28. The molecule has 132 valence electrons. The van der Waals surface area contributed by atoms with E-state index in [4.69, 9.17) is 15.9 Å². The summed E-state index contributed by atoms with van der Waals surface area (Å²) in [5.74, 6) is 1.01. The first kappa shape index (κ1) is 20.1. The van der Waals surface area contributed by atoms with Gasteiger partial charge in [-0.25, -0.2) is 14.8 Å². The van der Waals surface area contributed by atoms with E-state index in [1.54, 1.807) is 12.3 Å². The van der Waals surface area contributed by atoms with E-state index < -0.39 is 11.7 Å². The monoisotopic (exact) mass is 351 g/mol. The van der Waals surface area contributed by atoms with Gasteiger partial charge in [-0.2, -0.15) is 0 Å². The number of thiocarbonyl (C=S) groups is 1. The van der Waals surface area contributed by atoms with Crippen LogP contribution in [0.3, 0.4) is 0 Å². The summed E-state index contributed by atoms with van der Waals surface area (Å²) in [6, 6.07) is 1.77. The molecule has 1 aliphatic rings. The quantitative estimate of drug-likeness (QED) is 0.753. The molecule has 0 aromatic carbocycles. The fraction of sp³-hybridized carbons (Fsp3) is 0.562. The van der Waals surface area contributed by atoms with E-state index in [-0.39, 0.29) is 11.9 Å². The number of carbonyl (C=O) groups is 1. The maximum atomic E-state index is 11.7. The molecule has 0 saturated carbocycles. The Morgan fingerprint density at radius 1 is 1.54 bits per heavy atom. The van der Waals surface area contributed by atoms with Crippen LogP contribution in [0.1, 0.15) is 45.1 Å². The first-order valence-electron chi connectivity index (χ1n) is 7.70. The Morgan fingerprint density at radius 2 is 2.21 bits per heavy atom. The fourth-order valence-electron chi connectivity index (χ4n) is 1.95. The zero-order valence-corrected chi connectivity index (χ0v) is 15.4. The van der Waals surface area contributed by atoms with Crippen molar-refractivity contribution in [3.8, 4) is 0 Å². The number of amides is 1. The minimum Gasteiger partial charge on any atom is -0.443 e. The first-order chi connectivity index (χ1) is 11.1. The summed E-state index contributed by atoms with van der Waals surface area (Å²) in [5, 5.41) is 9.20. The van der Waals surface area contributed by atoms with Crippen molar-refractivity contribution in [2.45, 2.75) is 52.2 Å². The highest BCUT2D eigenvalue weighted by Crippen LogP contribution is 2.15. The van der Waals surface area contributed by atoms with Crippen molar-refractivity contribution >= 4 is 29.5 Å². The Balaban J connectivity index is 0.000000272. The number of rotatable bonds is 1. The van der Waals surface area contributed by atoms with Crippen LogP contribution < -0.4 is 5.73 Å². The van der Waals surface area contributed by atoms with Gasteiger partial charge in [-0.3, -0.25) is 10.3 Å². The number of nitrogens with two attached hydrogens (primary N) is 1. The number of carbonyl (C=O) groups excluding carboxylic acids is 1. The molecule has 1 unspecified atom stereocenters. The van der Waals surface area contributed by atoms with Gasteiger partial charge in [0.2, 0.25) is 0 Å². The molecular formula is C16H25N5O2S. The molecule has 0 radical (unpaired) electrons. The standard InChI is InChI=1S/C10H19N3O2.C6H6N2S/c1-10(2,3)15-9(14)13-5-4-7(11)6-8(13)12;1-5-7-3-2-6(4-9)8-5/h7,12H,4-6,11H2,1-3H3;2-4H,1H3. The fourth-order valence-corrected chi connectivity index (χ4v) is 2.08. The summed E-state index contributed by atoms with van der Waals surface area (Å²) in [6.45, 7) is 7.75. The van der Waals surface area contributed by atoms with Crippen LogP contribution >= 0.6 is 12.2 Å². The molecule has 24 heavy (non-hydrogen) atoms. The molecule has 1 atom stereocenters. The van der Waals surface area contributed by atoms with Crippen molar-refractivity contribution in [1.82, 2.24) is 14.9 Å². The van der Waals surface area contributed by atoms with Gasteiger partial charge in [0.1, 0.15) is 17.3 Å². The number of ether oxygens (including phenoxy) is 1. The Labute approximate surface area is 148 Å². The van der Waals surface area contributed by atoms with Gasteiger partial charge in [0.05, 0.1) is 5.69 Å². The number of aryl methyl sites for hydroxylation is 1. The first-order valence-corrected chi connectivity index (χ1v) is 8.18. The maximum absolute atomic E-state index is 11.7. The lowest BCUT2D eigenvalue weighted by Crippen LogP contribution is -2.48. The van der Waals surface area contributed by atoms with Gasteiger partial charge in [0, 0.05) is 30.6 Å². The van der Waals surface area contributed by atoms with Gasteiger partial charge in [-0.1, -0.05) is 12.2 Å². The van der Waals surface area contributed by atoms with E-state index in [0.29, 0.717) is 13.0 Å². The topological polar surface area (TPSA) is 105 Å². The van der Waals surface area contributed by atoms with Crippen LogP contribution in [-0.2, 0) is 4.74 Å². The van der Waals surface area contributed by atoms with E-state index in [2.05, 4.69) is 22.2 Å². The van der Waals surface area contributed by atoms with Gasteiger partial charge >= 0.3 is 6.09 Å². The molecule has 8 heteroatoms. The molecule has 3 N–H and O–H groups in total. The second-order valence-corrected chi connectivity index (χ2v) is 6.71. The predicted octanol–water partition coefficient (Wildman–Crippen LogP) is 2.45. The van der Waals surface area contributed by atoms with E-state index in [1.165, 1.54) is 10.3 Å². The average Bonchev–Trinajstić information content (AvgIpc) is 2.45. The number of amidine groups is 1. The molecule has 1 aromatic heterocycles. The highest BCUT2D eigenvalue weighted by atomic mass is 32.1. The number of piperidine rings is 1. The van der Waals surface area contributed by atoms with E-state index >= 15 is 0 Å². The van der Waals surface area contributed by atoms with E-state index in [0.717, 1.165) is 17.9 Å². The molecule has 0 aliphatic carbocycles. The lowest BCUT2D eigenvalue weighted by atomic mass is 10.1. The third kappa shape index (κ3) is 7.10. The van der Waals surface area contributed by atoms with Crippen LogP contribution in [0, 0.1) is 12.3 Å². The van der Waals surface area contributed by atoms with Gasteiger partial charge in [-0.05, 0) is 40.2 Å². The van der Waals surface area contributed by atoms with E-state index in [9.17, 15) is 4.79 Å². The summed E-state index contributed by atoms with van der Waals surface area (Å²) in [4.78, 5) is 20.9. The van der Waals surface area contributed by atoms with Crippen LogP contribution in [0.5, 0.6) is 0 Å². The summed E-state index contributed by atoms with van der Waals surface area (Å²) >= 11 is 4.66. The minimum absolute atomic E-state index is 0.00353. The maximum Gasteiger partial charge on any atom is 0.415 e. The summed E-state index contributed by atoms with van der Waals surface area (Å²) in [5.41, 5.74) is 5.98. The lowest BCUT2D eigenvalue weighted by molar-refractivity contribution is 0.0350. The van der Waals surface area contributed by atoms with Gasteiger partial charge in [0.15, 0.2) is 0 Å². The Bertz CT molecular complexity index is 600. The van der Waals surface area contributed by atoms with Crippen LogP contribution in [0.25, 0.3) is 0 Å². The number of hydrogen-bond donors (Lipinski definition) is 2. The molecule has 0 bridgehead atoms. The molecule has 1 aliphatic heterocycles. The Morgan fingerprint density at radius 3 is 2.67 bits per heavy atom. The molecule has 2 rings (SSSR count). The summed E-state index contributed by atoms with van der Waals surface area (Å²) in [6.07, 6.45) is 2.42. The molecule has 1 saturated heterocycles. The van der Waals surface area contributed by atoms with Crippen molar-refractivity contribution in [3.05, 3.63) is 23.8 Å². The zero-order chi connectivity index (χ0) is 18.3. The van der Waals surface area contributed by atoms with Crippen LogP contribution in [0.15, 0.2) is 12.3 Å². The van der Waals surface area contributed by atoms with Crippen molar-refractivity contribution < 1.29 is 9.53 Å². The van der Waals surface area contributed by atoms with Crippen LogP contribution in [-0.4, -0.2) is 50.4 Å². The Hall–Kier alpha value is -1.93. The highest BCUT2D eigenvalue weighted by Gasteiger charge is 2.29. The average molecular weight is 351 g/mol. The molecule has 7 nitrogen and oxygen atoms in total. The van der Waals surface area contributed by atoms with Crippen LogP contribution in [0.4, 0.5) is 4.79 Å². The van der Waals surface area contributed by atoms with Crippen molar-refractivity contribution in [2.75, 3.05) is 6.54 Å². The minimum atomic E-state index is -0.517. The largest absolute Gasteiger partial charge is 0.443 e. The SMILES string of the molecule is CC(C)(C)OC(=O)N1CCC(N)CC1=N.Cc1nccc(C=S)n1. The van der Waals surface area contributed by atoms with Gasteiger partial charge in [0.25, 0.3) is 0 Å². The second kappa shape index (κ2) is 8.79. The van der Waals surface area contributed by atoms with Crippen LogP contribution in [0.2, 0.25) is 0 Å².